The Balaban J connectivity index is 1.61. The lowest BCUT2D eigenvalue weighted by Gasteiger charge is -2.22. The molecule has 16 heteroatoms. The minimum absolute atomic E-state index is 0.0129. The number of sulfonamides is 1. The summed E-state index contributed by atoms with van der Waals surface area (Å²) in [5.74, 6) is -1.39. The molecule has 0 radical (unpaired) electrons. The zero-order valence-electron chi connectivity index (χ0n) is 22.8. The van der Waals surface area contributed by atoms with Crippen LogP contribution in [0, 0.1) is 10.1 Å². The molecule has 0 fully saturated rings. The topological polar surface area (TPSA) is 142 Å². The van der Waals surface area contributed by atoms with Gasteiger partial charge in [0.25, 0.3) is 15.7 Å². The van der Waals surface area contributed by atoms with E-state index in [-0.39, 0.29) is 36.0 Å². The number of thioether (sulfide) groups is 1. The van der Waals surface area contributed by atoms with Crippen LogP contribution in [0.2, 0.25) is 0 Å². The zero-order chi connectivity index (χ0) is 30.5. The Hall–Kier alpha value is -3.47. The molecule has 0 bridgehead atoms. The number of aromatic nitrogens is 2. The first-order valence-corrected chi connectivity index (χ1v) is 15.4. The van der Waals surface area contributed by atoms with Crippen molar-refractivity contribution in [1.29, 1.82) is 0 Å². The van der Waals surface area contributed by atoms with Gasteiger partial charge < -0.3 is 15.5 Å². The normalized spacial score (nSPS) is 14.3. The van der Waals surface area contributed by atoms with Gasteiger partial charge in [0.15, 0.2) is 0 Å². The van der Waals surface area contributed by atoms with E-state index in [1.54, 1.807) is 11.8 Å². The molecule has 0 spiro atoms. The fraction of sp³-hybridized carbons (Fsp3) is 0.385. The van der Waals surface area contributed by atoms with Gasteiger partial charge in [-0.2, -0.15) is 13.2 Å². The van der Waals surface area contributed by atoms with E-state index in [0.717, 1.165) is 11.0 Å². The molecule has 1 aromatic heterocycles. The molecule has 1 atom stereocenters. The van der Waals surface area contributed by atoms with Gasteiger partial charge in [0, 0.05) is 34.9 Å². The Morgan fingerprint density at radius 1 is 1.17 bits per heavy atom. The van der Waals surface area contributed by atoms with Crippen molar-refractivity contribution in [2.75, 3.05) is 43.0 Å². The van der Waals surface area contributed by atoms with Crippen LogP contribution >= 0.6 is 11.8 Å². The third-order valence-electron chi connectivity index (χ3n) is 6.38. The van der Waals surface area contributed by atoms with Crippen molar-refractivity contribution in [3.63, 3.8) is 0 Å². The summed E-state index contributed by atoms with van der Waals surface area (Å²) in [5, 5.41) is 18.1. The number of benzene rings is 2. The van der Waals surface area contributed by atoms with Crippen LogP contribution in [0.25, 0.3) is 0 Å². The maximum atomic E-state index is 13.4. The molecule has 11 nitrogen and oxygen atoms in total. The number of alkyl halides is 3. The van der Waals surface area contributed by atoms with Gasteiger partial charge in [-0.3, -0.25) is 14.8 Å². The number of rotatable bonds is 12. The molecule has 1 aliphatic heterocycles. The SMILES string of the molecule is CN(C)CCC(CSc1ccccc1)Nc1ccc(S(=O)(=O)Nc2nc(C(F)(F)F)nc3c2CCNC3)cc1[N+](=O)[O-]. The van der Waals surface area contributed by atoms with E-state index >= 15 is 0 Å². The first-order chi connectivity index (χ1) is 19.8. The first kappa shape index (κ1) is 31.5. The predicted molar refractivity (Wildman–Crippen MR) is 154 cm³/mol. The number of nitrogens with one attached hydrogen (secondary N) is 3. The molecule has 2 aromatic carbocycles. The smallest absolute Gasteiger partial charge is 0.376 e. The molecule has 0 aliphatic carbocycles. The molecule has 2 heterocycles. The molecular formula is C26H30F3N7O4S2. The van der Waals surface area contributed by atoms with Crippen molar-refractivity contribution < 1.29 is 26.5 Å². The van der Waals surface area contributed by atoms with E-state index in [4.69, 9.17) is 0 Å². The van der Waals surface area contributed by atoms with Crippen molar-refractivity contribution in [3.8, 4) is 0 Å². The van der Waals surface area contributed by atoms with Crippen LogP contribution in [-0.2, 0) is 29.2 Å². The van der Waals surface area contributed by atoms with E-state index in [9.17, 15) is 31.7 Å². The Bertz CT molecular complexity index is 1520. The number of hydrogen-bond acceptors (Lipinski definition) is 10. The average molecular weight is 626 g/mol. The number of halogens is 3. The second-order valence-corrected chi connectivity index (χ2v) is 12.6. The van der Waals surface area contributed by atoms with E-state index in [2.05, 4.69) is 25.3 Å². The average Bonchev–Trinajstić information content (AvgIpc) is 2.94. The van der Waals surface area contributed by atoms with Crippen LogP contribution in [0.4, 0.5) is 30.4 Å². The molecule has 3 aromatic rings. The lowest BCUT2D eigenvalue weighted by atomic mass is 10.1. The van der Waals surface area contributed by atoms with Crippen molar-refractivity contribution in [2.24, 2.45) is 0 Å². The van der Waals surface area contributed by atoms with Crippen molar-refractivity contribution in [2.45, 2.75) is 41.4 Å². The standard InChI is InChI=1S/C26H30F3N7O4S2/c1-35(2)13-11-17(16-41-18-6-4-3-5-7-18)31-21-9-8-19(14-23(21)36(37)38)42(39,40)34-24-20-10-12-30-15-22(20)32-25(33-24)26(27,28)29/h3-9,14,17,30-31H,10-13,15-16H2,1-2H3,(H,32,33,34). The van der Waals surface area contributed by atoms with Crippen LogP contribution < -0.4 is 15.4 Å². The molecule has 1 unspecified atom stereocenters. The summed E-state index contributed by atoms with van der Waals surface area (Å²) in [4.78, 5) is 20.9. The quantitative estimate of drug-likeness (QED) is 0.151. The van der Waals surface area contributed by atoms with E-state index in [0.29, 0.717) is 25.3 Å². The highest BCUT2D eigenvalue weighted by atomic mass is 32.2. The summed E-state index contributed by atoms with van der Waals surface area (Å²) < 4.78 is 68.9. The number of nitro benzene ring substituents is 1. The van der Waals surface area contributed by atoms with Gasteiger partial charge in [0.05, 0.1) is 15.5 Å². The lowest BCUT2D eigenvalue weighted by molar-refractivity contribution is -0.384. The summed E-state index contributed by atoms with van der Waals surface area (Å²) in [7, 11) is -0.717. The van der Waals surface area contributed by atoms with Crippen LogP contribution in [0.3, 0.4) is 0 Å². The largest absolute Gasteiger partial charge is 0.451 e. The number of hydrogen-bond donors (Lipinski definition) is 3. The number of nitrogens with zero attached hydrogens (tertiary/aromatic N) is 4. The van der Waals surface area contributed by atoms with Gasteiger partial charge in [-0.15, -0.1) is 11.8 Å². The highest BCUT2D eigenvalue weighted by Gasteiger charge is 2.37. The number of fused-ring (bicyclic) bond motifs is 1. The summed E-state index contributed by atoms with van der Waals surface area (Å²) in [5.41, 5.74) is -0.0924. The third kappa shape index (κ3) is 8.08. The summed E-state index contributed by atoms with van der Waals surface area (Å²) in [6.45, 7) is 1.11. The van der Waals surface area contributed by atoms with Gasteiger partial charge in [0.1, 0.15) is 11.5 Å². The molecule has 1 aliphatic rings. The van der Waals surface area contributed by atoms with Gasteiger partial charge in [-0.05, 0) is 64.3 Å². The molecule has 42 heavy (non-hydrogen) atoms. The van der Waals surface area contributed by atoms with Gasteiger partial charge in [0.2, 0.25) is 5.82 Å². The molecule has 4 rings (SSSR count). The maximum absolute atomic E-state index is 13.4. The summed E-state index contributed by atoms with van der Waals surface area (Å²) in [6, 6.07) is 12.8. The van der Waals surface area contributed by atoms with Crippen molar-refractivity contribution in [3.05, 3.63) is 75.7 Å². The first-order valence-electron chi connectivity index (χ1n) is 12.9. The number of anilines is 2. The Labute approximate surface area is 245 Å². The fourth-order valence-corrected chi connectivity index (χ4v) is 6.30. The van der Waals surface area contributed by atoms with Gasteiger partial charge in [-0.1, -0.05) is 18.2 Å². The Kier molecular flexibility index (Phi) is 9.91. The molecule has 0 amide bonds. The minimum atomic E-state index is -4.90. The van der Waals surface area contributed by atoms with Gasteiger partial charge in [-0.25, -0.2) is 18.4 Å². The zero-order valence-corrected chi connectivity index (χ0v) is 24.4. The van der Waals surface area contributed by atoms with Crippen molar-refractivity contribution in [1.82, 2.24) is 20.2 Å². The van der Waals surface area contributed by atoms with E-state index < -0.39 is 43.3 Å². The molecule has 0 saturated carbocycles. The van der Waals surface area contributed by atoms with Crippen LogP contribution in [-0.4, -0.2) is 67.2 Å². The number of nitro groups is 1. The third-order valence-corrected chi connectivity index (χ3v) is 8.89. The van der Waals surface area contributed by atoms with Gasteiger partial charge >= 0.3 is 6.18 Å². The summed E-state index contributed by atoms with van der Waals surface area (Å²) in [6.07, 6.45) is -4.05. The highest BCUT2D eigenvalue weighted by Crippen LogP contribution is 2.33. The molecular weight excluding hydrogens is 595 g/mol. The maximum Gasteiger partial charge on any atom is 0.451 e. The minimum Gasteiger partial charge on any atom is -0.376 e. The highest BCUT2D eigenvalue weighted by molar-refractivity contribution is 7.99. The van der Waals surface area contributed by atoms with Crippen LogP contribution in [0.15, 0.2) is 58.3 Å². The predicted octanol–water partition coefficient (Wildman–Crippen LogP) is 4.37. The fourth-order valence-electron chi connectivity index (χ4n) is 4.25. The second kappa shape index (κ2) is 13.2. The van der Waals surface area contributed by atoms with Crippen LogP contribution in [0.1, 0.15) is 23.5 Å². The summed E-state index contributed by atoms with van der Waals surface area (Å²) >= 11 is 1.58. The molecule has 3 N–H and O–H groups in total. The van der Waals surface area contributed by atoms with E-state index in [1.165, 1.54) is 12.1 Å². The Morgan fingerprint density at radius 2 is 1.90 bits per heavy atom. The monoisotopic (exact) mass is 625 g/mol. The Morgan fingerprint density at radius 3 is 2.57 bits per heavy atom. The lowest BCUT2D eigenvalue weighted by Crippen LogP contribution is -2.29. The second-order valence-electron chi connectivity index (χ2n) is 9.84. The molecule has 226 valence electrons. The van der Waals surface area contributed by atoms with Crippen LogP contribution in [0.5, 0.6) is 0 Å². The van der Waals surface area contributed by atoms with Crippen molar-refractivity contribution >= 4 is 39.0 Å². The van der Waals surface area contributed by atoms with E-state index in [1.807, 2.05) is 49.3 Å². The molecule has 0 saturated heterocycles.